The minimum atomic E-state index is -1.36. The number of nitrogens with one attached hydrogen (secondary N) is 1. The van der Waals surface area contributed by atoms with Gasteiger partial charge in [-0.2, -0.15) is 0 Å². The number of aliphatic hydroxyl groups excluding tert-OH is 3. The molecule has 9 heteroatoms. The van der Waals surface area contributed by atoms with Crippen LogP contribution < -0.4 is 10.4 Å². The molecule has 0 aromatic heterocycles. The van der Waals surface area contributed by atoms with Crippen molar-refractivity contribution >= 4 is 17.4 Å². The van der Waals surface area contributed by atoms with E-state index in [-0.39, 0.29) is 24.7 Å². The second-order valence-corrected chi connectivity index (χ2v) is 8.03. The van der Waals surface area contributed by atoms with E-state index in [9.17, 15) is 19.8 Å². The number of hydrogen-bond donors (Lipinski definition) is 4. The van der Waals surface area contributed by atoms with Gasteiger partial charge in [-0.05, 0) is 31.2 Å². The van der Waals surface area contributed by atoms with Crippen LogP contribution in [-0.4, -0.2) is 72.3 Å². The number of carbonyl (C=O) groups is 2. The van der Waals surface area contributed by atoms with Crippen LogP contribution >= 0.6 is 0 Å². The van der Waals surface area contributed by atoms with Crippen molar-refractivity contribution in [3.05, 3.63) is 53.6 Å². The fraction of sp³-hybridized carbons (Fsp3) is 0.478. The zero-order chi connectivity index (χ0) is 23.8. The molecule has 0 saturated carbocycles. The molecule has 4 N–H and O–H groups in total. The molecule has 1 aliphatic heterocycles. The molecule has 1 aromatic rings. The summed E-state index contributed by atoms with van der Waals surface area (Å²) in [6.45, 7) is 3.20. The van der Waals surface area contributed by atoms with Crippen molar-refractivity contribution in [2.75, 3.05) is 25.6 Å². The third kappa shape index (κ3) is 7.25. The maximum atomic E-state index is 12.6. The second-order valence-electron chi connectivity index (χ2n) is 8.03. The first-order chi connectivity index (χ1) is 15.1. The van der Waals surface area contributed by atoms with E-state index in [0.29, 0.717) is 11.1 Å². The highest BCUT2D eigenvalue weighted by molar-refractivity contribution is 5.99. The molecule has 0 bridgehead atoms. The van der Waals surface area contributed by atoms with Gasteiger partial charge in [0.25, 0.3) is 5.91 Å². The number of hydrogen-bond acceptors (Lipinski definition) is 8. The van der Waals surface area contributed by atoms with Gasteiger partial charge in [-0.3, -0.25) is 9.59 Å². The molecular weight excluding hydrogens is 416 g/mol. The number of carbonyl (C=O) groups excluding carboxylic acids is 2. The van der Waals surface area contributed by atoms with Crippen molar-refractivity contribution < 1.29 is 34.5 Å². The van der Waals surface area contributed by atoms with Gasteiger partial charge < -0.3 is 25.0 Å². The minimum absolute atomic E-state index is 0.0312. The van der Waals surface area contributed by atoms with E-state index in [2.05, 4.69) is 5.48 Å². The minimum Gasteiger partial charge on any atom is -0.394 e. The van der Waals surface area contributed by atoms with Gasteiger partial charge in [0.2, 0.25) is 6.29 Å². The lowest BCUT2D eigenvalue weighted by molar-refractivity contribution is -0.286. The summed E-state index contributed by atoms with van der Waals surface area (Å²) < 4.78 is 5.26. The topological polar surface area (TPSA) is 129 Å². The summed E-state index contributed by atoms with van der Waals surface area (Å²) in [7, 11) is 3.86. The molecule has 32 heavy (non-hydrogen) atoms. The summed E-state index contributed by atoms with van der Waals surface area (Å²) in [5, 5.41) is 28.8. The highest BCUT2D eigenvalue weighted by Gasteiger charge is 2.37. The third-order valence-electron chi connectivity index (χ3n) is 5.08. The summed E-state index contributed by atoms with van der Waals surface area (Å²) in [5.74, 6) is -1.03. The lowest BCUT2D eigenvalue weighted by atomic mass is 9.97. The van der Waals surface area contributed by atoms with Crippen molar-refractivity contribution in [3.8, 4) is 0 Å². The molecule has 0 spiro atoms. The number of ether oxygens (including phenoxy) is 1. The van der Waals surface area contributed by atoms with Crippen LogP contribution in [0.3, 0.4) is 0 Å². The van der Waals surface area contributed by atoms with Crippen molar-refractivity contribution in [2.24, 2.45) is 5.92 Å². The Morgan fingerprint density at radius 3 is 2.50 bits per heavy atom. The number of anilines is 1. The van der Waals surface area contributed by atoms with Gasteiger partial charge in [0, 0.05) is 43.8 Å². The number of ketones is 1. The predicted molar refractivity (Wildman–Crippen MR) is 119 cm³/mol. The third-order valence-corrected chi connectivity index (χ3v) is 5.08. The first kappa shape index (κ1) is 25.7. The number of nitrogens with zero attached hydrogens (tertiary/aromatic N) is 1. The standard InChI is InChI=1S/C23H32N2O7/c1-14(11-15(2)21(29)16-6-8-17(9-7-16)25(3)4)5-10-20(28)24-32-23-22(30)19(27)12-18(13-26)31-23/h5-11,15,18-19,22-23,26-27,30H,12-13H2,1-4H3,(H,24,28)/b10-5+,14-11+/t15-,18+,19+,22-,23+/m1/s1. The molecule has 0 aliphatic carbocycles. The number of Topliss-reactive ketones (excluding diaryl/α,β-unsaturated/α-hetero) is 1. The summed E-state index contributed by atoms with van der Waals surface area (Å²) in [6.07, 6.45) is 0.0554. The normalized spacial score (nSPS) is 24.9. The van der Waals surface area contributed by atoms with Crippen molar-refractivity contribution in [1.82, 2.24) is 5.48 Å². The predicted octanol–water partition coefficient (Wildman–Crippen LogP) is 0.951. The molecule has 9 nitrogen and oxygen atoms in total. The van der Waals surface area contributed by atoms with Gasteiger partial charge in [-0.25, -0.2) is 10.3 Å². The van der Waals surface area contributed by atoms with Crippen LogP contribution in [0, 0.1) is 5.92 Å². The van der Waals surface area contributed by atoms with Gasteiger partial charge in [0.15, 0.2) is 5.78 Å². The highest BCUT2D eigenvalue weighted by atomic mass is 16.8. The first-order valence-electron chi connectivity index (χ1n) is 10.4. The van der Waals surface area contributed by atoms with Crippen LogP contribution in [0.2, 0.25) is 0 Å². The van der Waals surface area contributed by atoms with E-state index in [1.54, 1.807) is 32.1 Å². The van der Waals surface area contributed by atoms with Crippen molar-refractivity contribution in [2.45, 2.75) is 44.9 Å². The molecule has 1 fully saturated rings. The van der Waals surface area contributed by atoms with Crippen LogP contribution in [0.25, 0.3) is 0 Å². The first-order valence-corrected chi connectivity index (χ1v) is 10.4. The SMILES string of the molecule is CC(/C=C/C(=O)NO[C@@H]1O[C@H](CO)C[C@H](O)[C@H]1O)=C\[C@@H](C)C(=O)c1ccc(N(C)C)cc1. The number of allylic oxidation sites excluding steroid dienone is 3. The van der Waals surface area contributed by atoms with Gasteiger partial charge >= 0.3 is 0 Å². The van der Waals surface area contributed by atoms with E-state index in [1.807, 2.05) is 31.1 Å². The molecular formula is C23H32N2O7. The van der Waals surface area contributed by atoms with Crippen LogP contribution in [0.15, 0.2) is 48.1 Å². The average Bonchev–Trinajstić information content (AvgIpc) is 2.77. The quantitative estimate of drug-likeness (QED) is 0.190. The Labute approximate surface area is 187 Å². The Hall–Kier alpha value is -2.56. The van der Waals surface area contributed by atoms with Crippen LogP contribution in [0.1, 0.15) is 30.6 Å². The lowest BCUT2D eigenvalue weighted by Gasteiger charge is -2.35. The zero-order valence-corrected chi connectivity index (χ0v) is 18.8. The molecule has 176 valence electrons. The van der Waals surface area contributed by atoms with Gasteiger partial charge in [0.1, 0.15) is 6.10 Å². The van der Waals surface area contributed by atoms with E-state index in [4.69, 9.17) is 14.7 Å². The molecule has 1 aliphatic rings. The molecule has 0 radical (unpaired) electrons. The van der Waals surface area contributed by atoms with Gasteiger partial charge in [0.05, 0.1) is 18.8 Å². The Balaban J connectivity index is 1.88. The number of amides is 1. The number of hydroxylamine groups is 1. The Morgan fingerprint density at radius 2 is 1.91 bits per heavy atom. The molecule has 2 rings (SSSR count). The van der Waals surface area contributed by atoms with Gasteiger partial charge in [-0.1, -0.05) is 24.6 Å². The fourth-order valence-corrected chi connectivity index (χ4v) is 3.20. The largest absolute Gasteiger partial charge is 0.394 e. The summed E-state index contributed by atoms with van der Waals surface area (Å²) in [5.41, 5.74) is 4.43. The van der Waals surface area contributed by atoms with Crippen LogP contribution in [0.4, 0.5) is 5.69 Å². The smallest absolute Gasteiger partial charge is 0.267 e. The molecule has 1 saturated heterocycles. The number of benzene rings is 1. The lowest BCUT2D eigenvalue weighted by Crippen LogP contribution is -2.52. The molecule has 0 unspecified atom stereocenters. The Kier molecular flexibility index (Phi) is 9.55. The van der Waals surface area contributed by atoms with E-state index in [1.165, 1.54) is 12.2 Å². The second kappa shape index (κ2) is 11.9. The molecule has 5 atom stereocenters. The maximum absolute atomic E-state index is 12.6. The van der Waals surface area contributed by atoms with Gasteiger partial charge in [-0.15, -0.1) is 0 Å². The number of aliphatic hydroxyl groups is 3. The monoisotopic (exact) mass is 448 g/mol. The van der Waals surface area contributed by atoms with Crippen LogP contribution in [0.5, 0.6) is 0 Å². The molecule has 1 heterocycles. The fourth-order valence-electron chi connectivity index (χ4n) is 3.20. The van der Waals surface area contributed by atoms with Crippen molar-refractivity contribution in [1.29, 1.82) is 0 Å². The Bertz CT molecular complexity index is 835. The molecule has 1 aromatic carbocycles. The summed E-state index contributed by atoms with van der Waals surface area (Å²) in [4.78, 5) is 31.6. The number of rotatable bonds is 9. The zero-order valence-electron chi connectivity index (χ0n) is 18.8. The van der Waals surface area contributed by atoms with E-state index < -0.39 is 30.5 Å². The van der Waals surface area contributed by atoms with E-state index >= 15 is 0 Å². The average molecular weight is 449 g/mol. The Morgan fingerprint density at radius 1 is 1.25 bits per heavy atom. The van der Waals surface area contributed by atoms with Crippen LogP contribution in [-0.2, 0) is 14.4 Å². The molecule has 1 amide bonds. The maximum Gasteiger partial charge on any atom is 0.267 e. The van der Waals surface area contributed by atoms with Crippen molar-refractivity contribution in [3.63, 3.8) is 0 Å². The van der Waals surface area contributed by atoms with E-state index in [0.717, 1.165) is 5.69 Å². The highest BCUT2D eigenvalue weighted by Crippen LogP contribution is 2.20. The summed E-state index contributed by atoms with van der Waals surface area (Å²) in [6, 6.07) is 7.35. The summed E-state index contributed by atoms with van der Waals surface area (Å²) >= 11 is 0.